The van der Waals surface area contributed by atoms with Gasteiger partial charge in [-0.1, -0.05) is 38.1 Å². The number of benzene rings is 8. The van der Waals surface area contributed by atoms with E-state index in [-0.39, 0.29) is 19.9 Å². The van der Waals surface area contributed by atoms with Crippen molar-refractivity contribution in [2.24, 2.45) is 0 Å². The van der Waals surface area contributed by atoms with E-state index in [4.69, 9.17) is 15.0 Å². The van der Waals surface area contributed by atoms with Gasteiger partial charge in [0.25, 0.3) is 0 Å². The summed E-state index contributed by atoms with van der Waals surface area (Å²) >= 11 is 0.142. The van der Waals surface area contributed by atoms with Gasteiger partial charge in [0.15, 0.2) is 0 Å². The van der Waals surface area contributed by atoms with Gasteiger partial charge >= 0.3 is 272 Å². The van der Waals surface area contributed by atoms with E-state index in [1.165, 1.54) is 68.8 Å². The first kappa shape index (κ1) is 31.3. The van der Waals surface area contributed by atoms with Gasteiger partial charge in [0.05, 0.1) is 0 Å². The number of nitrogens with zero attached hydrogens (tertiary/aromatic N) is 3. The molecule has 254 valence electrons. The van der Waals surface area contributed by atoms with Crippen molar-refractivity contribution < 1.29 is 0 Å². The summed E-state index contributed by atoms with van der Waals surface area (Å²) in [6, 6.07) is 59.1. The number of hydrogen-bond acceptors (Lipinski definition) is 3. The van der Waals surface area contributed by atoms with Gasteiger partial charge in [-0.15, -0.1) is 0 Å². The summed E-state index contributed by atoms with van der Waals surface area (Å²) in [6.07, 6.45) is 0. The average molecular weight is 755 g/mol. The van der Waals surface area contributed by atoms with Gasteiger partial charge in [0, 0.05) is 0 Å². The summed E-state index contributed by atoms with van der Waals surface area (Å²) in [7, 11) is 0. The number of hydrogen-bond donors (Lipinski definition) is 0. The van der Waals surface area contributed by atoms with E-state index in [0.29, 0.717) is 17.5 Å². The van der Waals surface area contributed by atoms with Crippen molar-refractivity contribution in [3.8, 4) is 56.4 Å². The van der Waals surface area contributed by atoms with Crippen LogP contribution in [0.1, 0.15) is 25.0 Å². The number of fused-ring (bicyclic) bond motifs is 10. The quantitative estimate of drug-likeness (QED) is 0.133. The zero-order valence-electron chi connectivity index (χ0n) is 29.8. The predicted octanol–water partition coefficient (Wildman–Crippen LogP) is 12.5. The molecular weight excluding hydrogens is 722 g/mol. The van der Waals surface area contributed by atoms with Crippen molar-refractivity contribution >= 4 is 55.3 Å². The number of aromatic nitrogens is 3. The van der Waals surface area contributed by atoms with Crippen LogP contribution >= 0.6 is 0 Å². The molecule has 2 aromatic heterocycles. The van der Waals surface area contributed by atoms with Crippen LogP contribution in [0.5, 0.6) is 0 Å². The maximum atomic E-state index is 5.28. The van der Waals surface area contributed by atoms with Crippen molar-refractivity contribution in [2.75, 3.05) is 0 Å². The second-order valence-electron chi connectivity index (χ2n) is 14.8. The summed E-state index contributed by atoms with van der Waals surface area (Å²) in [5, 5.41) is 7.69. The van der Waals surface area contributed by atoms with Gasteiger partial charge in [-0.2, -0.15) is 0 Å². The van der Waals surface area contributed by atoms with E-state index in [1.807, 2.05) is 18.2 Å². The molecule has 3 nitrogen and oxygen atoms in total. The Morgan fingerprint density at radius 1 is 0.389 bits per heavy atom. The summed E-state index contributed by atoms with van der Waals surface area (Å²) in [4.78, 5) is 15.6. The second-order valence-corrected chi connectivity index (χ2v) is 16.9. The van der Waals surface area contributed by atoms with Crippen LogP contribution in [-0.4, -0.2) is 29.5 Å². The van der Waals surface area contributed by atoms with Gasteiger partial charge in [0.2, 0.25) is 0 Å². The van der Waals surface area contributed by atoms with E-state index in [0.717, 1.165) is 22.1 Å². The molecule has 10 aromatic rings. The SMILES string of the molecule is CC1(C)c2ccccc2-c2ccc(-c3nc(-c4ccccc4)nc(-c4cccc5c4ccc4ccc6c7cccc(-c8ccccc8)c7[se]c6c45)n3)cc21. The standard InChI is InChI=1S/C50H33N3Se/c1-50(2)42-22-10-9-17-36(42)37-27-25-33(29-43(37)50)48-51-47(32-15-7-4-8-16-32)52-49(53-48)41-21-12-19-38-35(41)26-23-31-24-28-40-39-20-11-18-34(30-13-5-3-6-14-30)45(39)54-46(40)44(31)38/h3-29H,1-2H3. The Morgan fingerprint density at radius 3 is 1.78 bits per heavy atom. The molecular formula is C50H33N3Se. The molecule has 1 aliphatic rings. The minimum absolute atomic E-state index is 0.125. The molecule has 4 heteroatoms. The zero-order valence-corrected chi connectivity index (χ0v) is 31.6. The van der Waals surface area contributed by atoms with Gasteiger partial charge < -0.3 is 0 Å². The van der Waals surface area contributed by atoms with Crippen LogP contribution in [0, 0.1) is 0 Å². The first-order chi connectivity index (χ1) is 26.5. The predicted molar refractivity (Wildman–Crippen MR) is 226 cm³/mol. The van der Waals surface area contributed by atoms with E-state index in [9.17, 15) is 0 Å². The summed E-state index contributed by atoms with van der Waals surface area (Å²) < 4.78 is 2.91. The van der Waals surface area contributed by atoms with Crippen LogP contribution in [-0.2, 0) is 5.41 Å². The molecule has 0 aliphatic heterocycles. The number of rotatable bonds is 4. The van der Waals surface area contributed by atoms with Gasteiger partial charge in [-0.3, -0.25) is 0 Å². The first-order valence-electron chi connectivity index (χ1n) is 18.4. The van der Waals surface area contributed by atoms with Crippen LogP contribution in [0.25, 0.3) is 97.3 Å². The third kappa shape index (κ3) is 4.71. The van der Waals surface area contributed by atoms with Gasteiger partial charge in [0.1, 0.15) is 0 Å². The molecule has 11 rings (SSSR count). The molecule has 0 spiro atoms. The molecule has 0 saturated carbocycles. The molecule has 8 aromatic carbocycles. The molecule has 2 heterocycles. The molecule has 1 aliphatic carbocycles. The van der Waals surface area contributed by atoms with Gasteiger partial charge in [-0.05, 0) is 11.1 Å². The third-order valence-electron chi connectivity index (χ3n) is 11.3. The van der Waals surface area contributed by atoms with Crippen molar-refractivity contribution in [1.29, 1.82) is 0 Å². The second kappa shape index (κ2) is 11.9. The molecule has 0 unspecified atom stereocenters. The Balaban J connectivity index is 1.13. The van der Waals surface area contributed by atoms with Crippen molar-refractivity contribution in [1.82, 2.24) is 15.0 Å². The monoisotopic (exact) mass is 755 g/mol. The zero-order chi connectivity index (χ0) is 36.0. The van der Waals surface area contributed by atoms with Crippen molar-refractivity contribution in [3.63, 3.8) is 0 Å². The summed E-state index contributed by atoms with van der Waals surface area (Å²) in [6.45, 7) is 4.63. The fraction of sp³-hybridized carbons (Fsp3) is 0.0600. The average Bonchev–Trinajstić information content (AvgIpc) is 3.73. The fourth-order valence-corrected chi connectivity index (χ4v) is 11.6. The first-order valence-corrected chi connectivity index (χ1v) is 20.2. The van der Waals surface area contributed by atoms with Crippen LogP contribution in [0.3, 0.4) is 0 Å². The Hall–Kier alpha value is -6.19. The molecule has 0 atom stereocenters. The third-order valence-corrected chi connectivity index (χ3v) is 14.0. The molecule has 0 saturated heterocycles. The topological polar surface area (TPSA) is 38.7 Å². The molecule has 0 fully saturated rings. The van der Waals surface area contributed by atoms with Crippen molar-refractivity contribution in [2.45, 2.75) is 19.3 Å². The Labute approximate surface area is 319 Å². The molecule has 0 N–H and O–H groups in total. The summed E-state index contributed by atoms with van der Waals surface area (Å²) in [5.41, 5.74) is 10.7. The van der Waals surface area contributed by atoms with E-state index in [1.54, 1.807) is 0 Å². The van der Waals surface area contributed by atoms with Crippen LogP contribution in [0.2, 0.25) is 0 Å². The minimum atomic E-state index is -0.125. The van der Waals surface area contributed by atoms with E-state index >= 15 is 0 Å². The maximum absolute atomic E-state index is 5.28. The fourth-order valence-electron chi connectivity index (χ4n) is 8.65. The molecule has 0 bridgehead atoms. The van der Waals surface area contributed by atoms with Crippen LogP contribution in [0.15, 0.2) is 164 Å². The van der Waals surface area contributed by atoms with Gasteiger partial charge in [-0.25, -0.2) is 0 Å². The van der Waals surface area contributed by atoms with E-state index < -0.39 is 0 Å². The Morgan fingerprint density at radius 2 is 0.981 bits per heavy atom. The Bertz CT molecular complexity index is 3120. The molecule has 54 heavy (non-hydrogen) atoms. The molecule has 0 radical (unpaired) electrons. The molecule has 0 amide bonds. The van der Waals surface area contributed by atoms with Crippen molar-refractivity contribution in [3.05, 3.63) is 175 Å². The summed E-state index contributed by atoms with van der Waals surface area (Å²) in [5.74, 6) is 2.03. The van der Waals surface area contributed by atoms with E-state index in [2.05, 4.69) is 159 Å². The van der Waals surface area contributed by atoms with Crippen LogP contribution < -0.4 is 0 Å². The van der Waals surface area contributed by atoms with Crippen LogP contribution in [0.4, 0.5) is 0 Å². The normalized spacial score (nSPS) is 13.1. The Kier molecular flexibility index (Phi) is 6.91.